The lowest BCUT2D eigenvalue weighted by Gasteiger charge is -2.22. The van der Waals surface area contributed by atoms with Crippen LogP contribution >= 0.6 is 0 Å². The summed E-state index contributed by atoms with van der Waals surface area (Å²) in [7, 11) is 2.96. The molecule has 0 unspecified atom stereocenters. The molecule has 0 radical (unpaired) electrons. The third kappa shape index (κ3) is 4.73. The number of amides is 1. The Balaban J connectivity index is 1.71. The largest absolute Gasteiger partial charge is 0.497 e. The maximum Gasteiger partial charge on any atom is 0.307 e. The number of carbonyl (C=O) groups is 2. The van der Waals surface area contributed by atoms with Crippen LogP contribution in [0.4, 0.5) is 0 Å². The first-order valence-electron chi connectivity index (χ1n) is 8.99. The van der Waals surface area contributed by atoms with Gasteiger partial charge in [0.05, 0.1) is 20.6 Å². The fourth-order valence-corrected chi connectivity index (χ4v) is 2.91. The van der Waals surface area contributed by atoms with E-state index in [2.05, 4.69) is 0 Å². The van der Waals surface area contributed by atoms with E-state index >= 15 is 0 Å². The molecule has 28 heavy (non-hydrogen) atoms. The highest BCUT2D eigenvalue weighted by Crippen LogP contribution is 2.32. The van der Waals surface area contributed by atoms with Crippen molar-refractivity contribution in [3.8, 4) is 17.2 Å². The van der Waals surface area contributed by atoms with Crippen molar-refractivity contribution in [3.05, 3.63) is 53.6 Å². The minimum absolute atomic E-state index is 0.134. The van der Waals surface area contributed by atoms with Crippen molar-refractivity contribution in [1.29, 1.82) is 0 Å². The van der Waals surface area contributed by atoms with Gasteiger partial charge in [0, 0.05) is 18.7 Å². The van der Waals surface area contributed by atoms with Crippen molar-refractivity contribution in [2.24, 2.45) is 0 Å². The number of benzene rings is 2. The van der Waals surface area contributed by atoms with E-state index in [0.717, 1.165) is 11.3 Å². The highest BCUT2D eigenvalue weighted by atomic mass is 16.7. The van der Waals surface area contributed by atoms with Gasteiger partial charge in [0.2, 0.25) is 6.79 Å². The van der Waals surface area contributed by atoms with Crippen molar-refractivity contribution in [2.75, 3.05) is 34.1 Å². The van der Waals surface area contributed by atoms with E-state index in [1.807, 2.05) is 24.3 Å². The molecule has 3 rings (SSSR count). The fourth-order valence-electron chi connectivity index (χ4n) is 2.91. The molecule has 0 N–H and O–H groups in total. The second-order valence-electron chi connectivity index (χ2n) is 6.28. The van der Waals surface area contributed by atoms with Crippen LogP contribution in [0.25, 0.3) is 0 Å². The average molecular weight is 385 g/mol. The third-order valence-corrected chi connectivity index (χ3v) is 4.55. The number of methoxy groups -OCH3 is 2. The van der Waals surface area contributed by atoms with E-state index < -0.39 is 0 Å². The quantitative estimate of drug-likeness (QED) is 0.651. The lowest BCUT2D eigenvalue weighted by atomic mass is 10.1. The predicted octanol–water partition coefficient (Wildman–Crippen LogP) is 2.67. The van der Waals surface area contributed by atoms with Gasteiger partial charge in [0.1, 0.15) is 5.75 Å². The van der Waals surface area contributed by atoms with Gasteiger partial charge in [0.15, 0.2) is 11.5 Å². The summed E-state index contributed by atoms with van der Waals surface area (Å²) in [5, 5.41) is 0. The molecular weight excluding hydrogens is 362 g/mol. The van der Waals surface area contributed by atoms with Gasteiger partial charge in [-0.2, -0.15) is 0 Å². The highest BCUT2D eigenvalue weighted by molar-refractivity contribution is 5.95. The fraction of sp³-hybridized carbons (Fsp3) is 0.333. The lowest BCUT2D eigenvalue weighted by molar-refractivity contribution is -0.140. The smallest absolute Gasteiger partial charge is 0.307 e. The van der Waals surface area contributed by atoms with Crippen LogP contribution in [0, 0.1) is 0 Å². The summed E-state index contributed by atoms with van der Waals surface area (Å²) >= 11 is 0. The maximum absolute atomic E-state index is 13.0. The molecule has 0 spiro atoms. The standard InChI is InChI=1S/C21H23NO6/c1-25-17-6-3-15(4-7-17)9-11-22(12-10-20(23)26-2)21(24)16-5-8-18-19(13-16)28-14-27-18/h3-8,13H,9-12,14H2,1-2H3. The minimum Gasteiger partial charge on any atom is -0.497 e. The molecule has 7 nitrogen and oxygen atoms in total. The van der Waals surface area contributed by atoms with Crippen molar-refractivity contribution in [2.45, 2.75) is 12.8 Å². The molecule has 0 aliphatic carbocycles. The monoisotopic (exact) mass is 385 g/mol. The molecule has 0 aromatic heterocycles. The van der Waals surface area contributed by atoms with Crippen LogP contribution in [0.2, 0.25) is 0 Å². The van der Waals surface area contributed by atoms with Gasteiger partial charge in [-0.3, -0.25) is 9.59 Å². The molecular formula is C21H23NO6. The van der Waals surface area contributed by atoms with E-state index in [1.54, 1.807) is 30.2 Å². The molecule has 2 aromatic rings. The first-order valence-corrected chi connectivity index (χ1v) is 8.99. The predicted molar refractivity (Wildman–Crippen MR) is 102 cm³/mol. The van der Waals surface area contributed by atoms with Crippen molar-refractivity contribution in [1.82, 2.24) is 4.90 Å². The average Bonchev–Trinajstić information content (AvgIpc) is 3.21. The van der Waals surface area contributed by atoms with Gasteiger partial charge in [-0.1, -0.05) is 12.1 Å². The summed E-state index contributed by atoms with van der Waals surface area (Å²) in [6.07, 6.45) is 0.789. The Hall–Kier alpha value is -3.22. The second-order valence-corrected chi connectivity index (χ2v) is 6.28. The zero-order valence-electron chi connectivity index (χ0n) is 16.0. The Labute approximate surface area is 163 Å². The molecule has 0 bridgehead atoms. The molecule has 0 fully saturated rings. The van der Waals surface area contributed by atoms with Crippen LogP contribution in [-0.2, 0) is 16.0 Å². The van der Waals surface area contributed by atoms with Crippen LogP contribution in [0.3, 0.4) is 0 Å². The summed E-state index contributed by atoms with van der Waals surface area (Å²) in [6, 6.07) is 12.8. The summed E-state index contributed by atoms with van der Waals surface area (Å²) in [6.45, 7) is 0.892. The van der Waals surface area contributed by atoms with Gasteiger partial charge in [-0.15, -0.1) is 0 Å². The van der Waals surface area contributed by atoms with Crippen LogP contribution in [0.5, 0.6) is 17.2 Å². The first kappa shape index (κ1) is 19.5. The molecule has 0 atom stereocenters. The number of carbonyl (C=O) groups excluding carboxylic acids is 2. The Morgan fingerprint density at radius 3 is 2.46 bits per heavy atom. The van der Waals surface area contributed by atoms with E-state index in [-0.39, 0.29) is 31.6 Å². The number of hydrogen-bond acceptors (Lipinski definition) is 6. The molecule has 1 amide bonds. The molecule has 2 aromatic carbocycles. The van der Waals surface area contributed by atoms with Gasteiger partial charge in [0.25, 0.3) is 5.91 Å². The topological polar surface area (TPSA) is 74.3 Å². The molecule has 7 heteroatoms. The number of esters is 1. The lowest BCUT2D eigenvalue weighted by Crippen LogP contribution is -2.35. The Bertz CT molecular complexity index is 833. The SMILES string of the molecule is COC(=O)CCN(CCc1ccc(OC)cc1)C(=O)c1ccc2c(c1)OCO2. The molecule has 1 aliphatic heterocycles. The number of nitrogens with zero attached hydrogens (tertiary/aromatic N) is 1. The van der Waals surface area contributed by atoms with E-state index in [0.29, 0.717) is 30.0 Å². The molecule has 1 heterocycles. The number of rotatable bonds is 8. The summed E-state index contributed by atoms with van der Waals surface area (Å²) in [5.41, 5.74) is 1.56. The maximum atomic E-state index is 13.0. The second kappa shape index (κ2) is 9.12. The molecule has 0 saturated heterocycles. The normalized spacial score (nSPS) is 11.8. The first-order chi connectivity index (χ1) is 13.6. The van der Waals surface area contributed by atoms with E-state index in [9.17, 15) is 9.59 Å². The summed E-state index contributed by atoms with van der Waals surface area (Å²) in [4.78, 5) is 26.2. The number of ether oxygens (including phenoxy) is 4. The van der Waals surface area contributed by atoms with Crippen LogP contribution in [0.1, 0.15) is 22.3 Å². The summed E-state index contributed by atoms with van der Waals surface area (Å²) < 4.78 is 20.5. The molecule has 1 aliphatic rings. The highest BCUT2D eigenvalue weighted by Gasteiger charge is 2.21. The number of hydrogen-bond donors (Lipinski definition) is 0. The van der Waals surface area contributed by atoms with Gasteiger partial charge in [-0.25, -0.2) is 0 Å². The zero-order chi connectivity index (χ0) is 19.9. The van der Waals surface area contributed by atoms with Crippen molar-refractivity contribution in [3.63, 3.8) is 0 Å². The Morgan fingerprint density at radius 2 is 1.75 bits per heavy atom. The van der Waals surface area contributed by atoms with Crippen molar-refractivity contribution < 1.29 is 28.5 Å². The van der Waals surface area contributed by atoms with Crippen LogP contribution < -0.4 is 14.2 Å². The zero-order valence-corrected chi connectivity index (χ0v) is 16.0. The van der Waals surface area contributed by atoms with Gasteiger partial charge >= 0.3 is 5.97 Å². The minimum atomic E-state index is -0.354. The Kier molecular flexibility index (Phi) is 6.37. The van der Waals surface area contributed by atoms with Gasteiger partial charge < -0.3 is 23.8 Å². The van der Waals surface area contributed by atoms with Crippen LogP contribution in [-0.4, -0.2) is 50.9 Å². The van der Waals surface area contributed by atoms with Crippen LogP contribution in [0.15, 0.2) is 42.5 Å². The summed E-state index contributed by atoms with van der Waals surface area (Å²) in [5.74, 6) is 1.43. The van der Waals surface area contributed by atoms with E-state index in [4.69, 9.17) is 18.9 Å². The Morgan fingerprint density at radius 1 is 1.00 bits per heavy atom. The number of fused-ring (bicyclic) bond motifs is 1. The molecule has 148 valence electrons. The van der Waals surface area contributed by atoms with Gasteiger partial charge in [-0.05, 0) is 42.3 Å². The third-order valence-electron chi connectivity index (χ3n) is 4.55. The van der Waals surface area contributed by atoms with E-state index in [1.165, 1.54) is 7.11 Å². The van der Waals surface area contributed by atoms with Crippen molar-refractivity contribution >= 4 is 11.9 Å². The molecule has 0 saturated carbocycles.